The number of ether oxygens (including phenoxy) is 1. The van der Waals surface area contributed by atoms with E-state index in [1.165, 1.54) is 6.08 Å². The smallest absolute Gasteiger partial charge is 0.416 e. The molecule has 0 saturated heterocycles. The predicted octanol–water partition coefficient (Wildman–Crippen LogP) is 7.10. The summed E-state index contributed by atoms with van der Waals surface area (Å²) in [5.74, 6) is 1.51. The number of allylic oxidation sites excluding steroid dienone is 2. The van der Waals surface area contributed by atoms with Crippen LogP contribution in [0.15, 0.2) is 95.1 Å². The average molecular weight is 620 g/mol. The van der Waals surface area contributed by atoms with Gasteiger partial charge in [0, 0.05) is 48.3 Å². The fraction of sp³-hybridized carbons (Fsp3) is 0.286. The molecule has 0 aliphatic rings. The van der Waals surface area contributed by atoms with Crippen LogP contribution < -0.4 is 15.4 Å². The van der Waals surface area contributed by atoms with Gasteiger partial charge in [-0.3, -0.25) is 9.59 Å². The number of carbonyl (C=O) groups is 2. The number of ketones is 1. The minimum atomic E-state index is -4.47. The number of benzene rings is 3. The number of rotatable bonds is 14. The number of carbonyl (C=O) groups excluding carboxylic acids is 2. The Hall–Kier alpha value is -4.86. The number of nitrogens with one attached hydrogen (secondary N) is 2. The van der Waals surface area contributed by atoms with E-state index in [0.29, 0.717) is 49.8 Å². The summed E-state index contributed by atoms with van der Waals surface area (Å²) in [6.07, 6.45) is -1.68. The molecule has 1 amide bonds. The third kappa shape index (κ3) is 9.82. The summed E-state index contributed by atoms with van der Waals surface area (Å²) in [7, 11) is 0. The first kappa shape index (κ1) is 33.0. The number of hydrogen-bond acceptors (Lipinski definition) is 6. The van der Waals surface area contributed by atoms with E-state index in [1.54, 1.807) is 13.8 Å². The molecule has 7 nitrogen and oxygen atoms in total. The monoisotopic (exact) mass is 619 g/mol. The Morgan fingerprint density at radius 2 is 1.69 bits per heavy atom. The van der Waals surface area contributed by atoms with E-state index in [9.17, 15) is 22.8 Å². The fourth-order valence-corrected chi connectivity index (χ4v) is 4.64. The molecule has 4 aromatic rings. The molecule has 3 aromatic carbocycles. The van der Waals surface area contributed by atoms with Gasteiger partial charge >= 0.3 is 6.18 Å². The standard InChI is InChI=1S/C35H36F3N3O4/c1-4-33(43)39-22-29(40-23(2)20-32(42)26-12-14-28(15-13-26)35(36,37)38)21-25-10-16-30(17-11-25)44-19-18-31-24(3)45-34(41-31)27-8-6-5-7-9-27/h5-17,20,29,40H,4,18-19,21-22H2,1-3H3,(H,39,43)/b23-20-/t29-/m1/s1. The molecule has 0 saturated carbocycles. The van der Waals surface area contributed by atoms with Crippen molar-refractivity contribution in [1.82, 2.24) is 15.6 Å². The van der Waals surface area contributed by atoms with Crippen LogP contribution >= 0.6 is 0 Å². The summed E-state index contributed by atoms with van der Waals surface area (Å²) in [5, 5.41) is 6.14. The van der Waals surface area contributed by atoms with E-state index in [1.807, 2.05) is 61.5 Å². The Morgan fingerprint density at radius 3 is 2.33 bits per heavy atom. The average Bonchev–Trinajstić information content (AvgIpc) is 3.40. The van der Waals surface area contributed by atoms with E-state index in [0.717, 1.165) is 46.8 Å². The van der Waals surface area contributed by atoms with Crippen LogP contribution in [0.25, 0.3) is 11.5 Å². The summed E-state index contributed by atoms with van der Waals surface area (Å²) in [6, 6.07) is 21.2. The van der Waals surface area contributed by atoms with Crippen LogP contribution in [0.4, 0.5) is 13.2 Å². The molecule has 2 N–H and O–H groups in total. The van der Waals surface area contributed by atoms with Crippen LogP contribution in [0.1, 0.15) is 53.2 Å². The largest absolute Gasteiger partial charge is 0.493 e. The Kier molecular flexibility index (Phi) is 11.2. The van der Waals surface area contributed by atoms with Crippen molar-refractivity contribution in [3.05, 3.63) is 119 Å². The van der Waals surface area contributed by atoms with Crippen molar-refractivity contribution in [2.45, 2.75) is 52.3 Å². The number of oxazole rings is 1. The van der Waals surface area contributed by atoms with Gasteiger partial charge in [-0.25, -0.2) is 4.98 Å². The molecule has 1 aromatic heterocycles. The maximum Gasteiger partial charge on any atom is 0.416 e. The molecule has 0 bridgehead atoms. The second-order valence-corrected chi connectivity index (χ2v) is 10.6. The van der Waals surface area contributed by atoms with Gasteiger partial charge in [0.1, 0.15) is 11.5 Å². The van der Waals surface area contributed by atoms with E-state index < -0.39 is 17.5 Å². The molecule has 0 unspecified atom stereocenters. The molecule has 0 aliphatic heterocycles. The minimum absolute atomic E-state index is 0.105. The first-order chi connectivity index (χ1) is 21.5. The van der Waals surface area contributed by atoms with E-state index in [4.69, 9.17) is 9.15 Å². The zero-order valence-electron chi connectivity index (χ0n) is 25.4. The Bertz CT molecular complexity index is 1600. The summed E-state index contributed by atoms with van der Waals surface area (Å²) < 4.78 is 50.4. The summed E-state index contributed by atoms with van der Waals surface area (Å²) in [4.78, 5) is 29.2. The van der Waals surface area contributed by atoms with Gasteiger partial charge in [0.05, 0.1) is 17.9 Å². The summed E-state index contributed by atoms with van der Waals surface area (Å²) >= 11 is 0. The molecule has 0 radical (unpaired) electrons. The fourth-order valence-electron chi connectivity index (χ4n) is 4.64. The Morgan fingerprint density at radius 1 is 1.00 bits per heavy atom. The zero-order chi connectivity index (χ0) is 32.4. The highest BCUT2D eigenvalue weighted by Crippen LogP contribution is 2.29. The molecular formula is C35H36F3N3O4. The molecular weight excluding hydrogens is 583 g/mol. The molecule has 1 heterocycles. The molecule has 236 valence electrons. The van der Waals surface area contributed by atoms with Crippen molar-refractivity contribution in [3.63, 3.8) is 0 Å². The minimum Gasteiger partial charge on any atom is -0.493 e. The molecule has 0 fully saturated rings. The molecule has 4 rings (SSSR count). The quantitative estimate of drug-likeness (QED) is 0.116. The van der Waals surface area contributed by atoms with E-state index >= 15 is 0 Å². The highest BCUT2D eigenvalue weighted by molar-refractivity contribution is 6.04. The van der Waals surface area contributed by atoms with Gasteiger partial charge in [-0.15, -0.1) is 0 Å². The first-order valence-corrected chi connectivity index (χ1v) is 14.7. The summed E-state index contributed by atoms with van der Waals surface area (Å²) in [5.41, 5.74) is 2.59. The summed E-state index contributed by atoms with van der Waals surface area (Å²) in [6.45, 7) is 6.08. The van der Waals surface area contributed by atoms with Crippen LogP contribution in [0, 0.1) is 6.92 Å². The van der Waals surface area contributed by atoms with Gasteiger partial charge in [0.15, 0.2) is 5.78 Å². The van der Waals surface area contributed by atoms with Crippen molar-refractivity contribution in [2.75, 3.05) is 13.2 Å². The predicted molar refractivity (Wildman–Crippen MR) is 166 cm³/mol. The van der Waals surface area contributed by atoms with Crippen LogP contribution in [0.2, 0.25) is 0 Å². The molecule has 0 spiro atoms. The molecule has 0 aliphatic carbocycles. The molecule has 45 heavy (non-hydrogen) atoms. The third-order valence-corrected chi connectivity index (χ3v) is 7.07. The number of amides is 1. The van der Waals surface area contributed by atoms with Crippen molar-refractivity contribution < 1.29 is 31.9 Å². The van der Waals surface area contributed by atoms with Crippen LogP contribution in [-0.4, -0.2) is 35.9 Å². The van der Waals surface area contributed by atoms with E-state index in [-0.39, 0.29) is 17.5 Å². The van der Waals surface area contributed by atoms with Crippen molar-refractivity contribution in [2.24, 2.45) is 0 Å². The van der Waals surface area contributed by atoms with Gasteiger partial charge < -0.3 is 19.8 Å². The highest BCUT2D eigenvalue weighted by atomic mass is 19.4. The van der Waals surface area contributed by atoms with Crippen molar-refractivity contribution >= 4 is 11.7 Å². The van der Waals surface area contributed by atoms with Crippen molar-refractivity contribution in [1.29, 1.82) is 0 Å². The van der Waals surface area contributed by atoms with Crippen LogP contribution in [-0.2, 0) is 23.8 Å². The molecule has 10 heteroatoms. The topological polar surface area (TPSA) is 93.5 Å². The third-order valence-electron chi connectivity index (χ3n) is 7.07. The number of alkyl halides is 3. The lowest BCUT2D eigenvalue weighted by Gasteiger charge is -2.21. The maximum absolute atomic E-state index is 12.9. The lowest BCUT2D eigenvalue weighted by Crippen LogP contribution is -2.41. The zero-order valence-corrected chi connectivity index (χ0v) is 25.4. The number of nitrogens with zero attached hydrogens (tertiary/aromatic N) is 1. The van der Waals surface area contributed by atoms with Crippen LogP contribution in [0.3, 0.4) is 0 Å². The van der Waals surface area contributed by atoms with Gasteiger partial charge in [-0.2, -0.15) is 13.2 Å². The highest BCUT2D eigenvalue weighted by Gasteiger charge is 2.30. The second kappa shape index (κ2) is 15.2. The second-order valence-electron chi connectivity index (χ2n) is 10.6. The SMILES string of the molecule is CCC(=O)NC[C@@H](Cc1ccc(OCCc2nc(-c3ccccc3)oc2C)cc1)N/C(C)=C\C(=O)c1ccc(C(F)(F)F)cc1. The van der Waals surface area contributed by atoms with Gasteiger partial charge in [-0.05, 0) is 62.2 Å². The van der Waals surface area contributed by atoms with Crippen molar-refractivity contribution in [3.8, 4) is 17.2 Å². The Labute approximate surface area is 260 Å². The van der Waals surface area contributed by atoms with Gasteiger partial charge in [0.25, 0.3) is 0 Å². The van der Waals surface area contributed by atoms with Crippen LogP contribution in [0.5, 0.6) is 5.75 Å². The van der Waals surface area contributed by atoms with Gasteiger partial charge in [-0.1, -0.05) is 49.4 Å². The maximum atomic E-state index is 12.9. The number of aryl methyl sites for hydroxylation is 1. The van der Waals surface area contributed by atoms with E-state index in [2.05, 4.69) is 15.6 Å². The van der Waals surface area contributed by atoms with Gasteiger partial charge in [0.2, 0.25) is 11.8 Å². The lowest BCUT2D eigenvalue weighted by atomic mass is 10.0. The number of hydrogen-bond donors (Lipinski definition) is 2. The first-order valence-electron chi connectivity index (χ1n) is 14.7. The molecule has 1 atom stereocenters. The lowest BCUT2D eigenvalue weighted by molar-refractivity contribution is -0.137. The Balaban J connectivity index is 1.34. The number of halogens is 3. The number of aromatic nitrogens is 1. The normalized spacial score (nSPS) is 12.4.